The summed E-state index contributed by atoms with van der Waals surface area (Å²) in [4.78, 5) is 0. The largest absolute Gasteiger partial charge is 0.384 e. The van der Waals surface area contributed by atoms with Gasteiger partial charge in [0.15, 0.2) is 0 Å². The van der Waals surface area contributed by atoms with Crippen LogP contribution in [0.4, 0.5) is 5.82 Å². The molecule has 1 saturated carbocycles. The Balaban J connectivity index is 2.34. The van der Waals surface area contributed by atoms with E-state index in [4.69, 9.17) is 5.73 Å². The molecule has 1 aromatic rings. The van der Waals surface area contributed by atoms with E-state index >= 15 is 0 Å². The maximum atomic E-state index is 5.88. The normalized spacial score (nSPS) is 17.8. The molecule has 0 spiro atoms. The van der Waals surface area contributed by atoms with Gasteiger partial charge in [-0.2, -0.15) is 5.10 Å². The number of nitrogen functional groups attached to an aromatic ring is 1. The van der Waals surface area contributed by atoms with Crippen LogP contribution >= 0.6 is 0 Å². The minimum absolute atomic E-state index is 0.105. The van der Waals surface area contributed by atoms with Gasteiger partial charge in [-0.15, -0.1) is 0 Å². The lowest BCUT2D eigenvalue weighted by molar-refractivity contribution is 0.538. The summed E-state index contributed by atoms with van der Waals surface area (Å²) in [5.74, 6) is 0.812. The molecule has 1 aliphatic rings. The average Bonchev–Trinajstić information content (AvgIpc) is 2.73. The Kier molecular flexibility index (Phi) is 1.65. The van der Waals surface area contributed by atoms with Crippen LogP contribution < -0.4 is 5.73 Å². The van der Waals surface area contributed by atoms with Crippen LogP contribution in [-0.4, -0.2) is 9.78 Å². The fourth-order valence-electron chi connectivity index (χ4n) is 1.39. The van der Waals surface area contributed by atoms with E-state index in [1.807, 2.05) is 10.7 Å². The number of hydrogen-bond donors (Lipinski definition) is 1. The third kappa shape index (κ3) is 1.55. The first-order valence-corrected chi connectivity index (χ1v) is 4.84. The SMILES string of the molecule is CC(C)(C)c1cc(N)n(C2CC2)n1. The summed E-state index contributed by atoms with van der Waals surface area (Å²) in [7, 11) is 0. The molecule has 2 N–H and O–H groups in total. The Labute approximate surface area is 78.9 Å². The Morgan fingerprint density at radius 2 is 2.08 bits per heavy atom. The second-order valence-electron chi connectivity index (χ2n) is 4.88. The molecule has 1 aromatic heterocycles. The summed E-state index contributed by atoms with van der Waals surface area (Å²) >= 11 is 0. The standard InChI is InChI=1S/C10H17N3/c1-10(2,3)8-6-9(11)13(12-8)7-4-5-7/h6-7H,4-5,11H2,1-3H3. The van der Waals surface area contributed by atoms with Crippen molar-refractivity contribution in [3.8, 4) is 0 Å². The summed E-state index contributed by atoms with van der Waals surface area (Å²) in [6, 6.07) is 2.58. The van der Waals surface area contributed by atoms with Gasteiger partial charge in [-0.1, -0.05) is 20.8 Å². The summed E-state index contributed by atoms with van der Waals surface area (Å²) < 4.78 is 1.97. The lowest BCUT2D eigenvalue weighted by Gasteiger charge is -2.13. The van der Waals surface area contributed by atoms with E-state index in [1.165, 1.54) is 12.8 Å². The number of nitrogens with two attached hydrogens (primary N) is 1. The molecule has 0 aliphatic heterocycles. The topological polar surface area (TPSA) is 43.8 Å². The third-order valence-corrected chi connectivity index (χ3v) is 2.43. The Morgan fingerprint density at radius 1 is 1.46 bits per heavy atom. The highest BCUT2D eigenvalue weighted by Gasteiger charge is 2.28. The molecule has 3 heteroatoms. The first-order valence-electron chi connectivity index (χ1n) is 4.84. The highest BCUT2D eigenvalue weighted by atomic mass is 15.3. The molecule has 0 radical (unpaired) electrons. The molecule has 0 aromatic carbocycles. The zero-order valence-electron chi connectivity index (χ0n) is 8.54. The molecule has 13 heavy (non-hydrogen) atoms. The van der Waals surface area contributed by atoms with Crippen LogP contribution in [0.15, 0.2) is 6.07 Å². The van der Waals surface area contributed by atoms with Gasteiger partial charge in [-0.05, 0) is 12.8 Å². The van der Waals surface area contributed by atoms with Gasteiger partial charge in [0.1, 0.15) is 5.82 Å². The predicted octanol–water partition coefficient (Wildman–Crippen LogP) is 2.10. The second-order valence-corrected chi connectivity index (χ2v) is 4.88. The van der Waals surface area contributed by atoms with Crippen molar-refractivity contribution in [1.29, 1.82) is 0 Å². The highest BCUT2D eigenvalue weighted by molar-refractivity contribution is 5.34. The fourth-order valence-corrected chi connectivity index (χ4v) is 1.39. The first kappa shape index (κ1) is 8.60. The first-order chi connectivity index (χ1) is 5.98. The molecule has 0 atom stereocenters. The van der Waals surface area contributed by atoms with Crippen LogP contribution in [0.3, 0.4) is 0 Å². The van der Waals surface area contributed by atoms with Crippen LogP contribution in [-0.2, 0) is 5.41 Å². The van der Waals surface area contributed by atoms with Crippen molar-refractivity contribution in [2.24, 2.45) is 0 Å². The fraction of sp³-hybridized carbons (Fsp3) is 0.700. The Hall–Kier alpha value is -0.990. The Bertz CT molecular complexity index is 315. The lowest BCUT2D eigenvalue weighted by atomic mass is 9.92. The Morgan fingerprint density at radius 3 is 2.46 bits per heavy atom. The number of anilines is 1. The quantitative estimate of drug-likeness (QED) is 0.717. The van der Waals surface area contributed by atoms with Gasteiger partial charge >= 0.3 is 0 Å². The highest BCUT2D eigenvalue weighted by Crippen LogP contribution is 2.37. The number of hydrogen-bond acceptors (Lipinski definition) is 2. The summed E-state index contributed by atoms with van der Waals surface area (Å²) in [6.45, 7) is 6.48. The lowest BCUT2D eigenvalue weighted by Crippen LogP contribution is -2.12. The van der Waals surface area contributed by atoms with Crippen LogP contribution in [0.1, 0.15) is 45.3 Å². The van der Waals surface area contributed by atoms with Crippen LogP contribution in [0, 0.1) is 0 Å². The van der Waals surface area contributed by atoms with E-state index in [2.05, 4.69) is 25.9 Å². The van der Waals surface area contributed by atoms with Gasteiger partial charge in [0.2, 0.25) is 0 Å². The maximum absolute atomic E-state index is 5.88. The molecule has 1 heterocycles. The zero-order chi connectivity index (χ0) is 9.64. The van der Waals surface area contributed by atoms with E-state index in [0.717, 1.165) is 11.5 Å². The molecule has 3 nitrogen and oxygen atoms in total. The van der Waals surface area contributed by atoms with Gasteiger partial charge in [-0.3, -0.25) is 0 Å². The molecule has 0 amide bonds. The smallest absolute Gasteiger partial charge is 0.122 e. The number of aromatic nitrogens is 2. The minimum atomic E-state index is 0.105. The van der Waals surface area contributed by atoms with E-state index in [0.29, 0.717) is 6.04 Å². The van der Waals surface area contributed by atoms with Crippen molar-refractivity contribution in [2.75, 3.05) is 5.73 Å². The predicted molar refractivity (Wildman–Crippen MR) is 53.6 cm³/mol. The molecular formula is C10H17N3. The van der Waals surface area contributed by atoms with E-state index in [9.17, 15) is 0 Å². The van der Waals surface area contributed by atoms with Crippen LogP contribution in [0.2, 0.25) is 0 Å². The summed E-state index contributed by atoms with van der Waals surface area (Å²) in [6.07, 6.45) is 2.46. The number of rotatable bonds is 1. The molecule has 1 aliphatic carbocycles. The molecule has 0 saturated heterocycles. The van der Waals surface area contributed by atoms with Crippen molar-refractivity contribution in [3.05, 3.63) is 11.8 Å². The maximum Gasteiger partial charge on any atom is 0.122 e. The summed E-state index contributed by atoms with van der Waals surface area (Å²) in [5, 5.41) is 4.53. The van der Waals surface area contributed by atoms with Crippen LogP contribution in [0.5, 0.6) is 0 Å². The van der Waals surface area contributed by atoms with Crippen molar-refractivity contribution < 1.29 is 0 Å². The molecule has 0 bridgehead atoms. The molecule has 2 rings (SSSR count). The van der Waals surface area contributed by atoms with Gasteiger partial charge in [0.25, 0.3) is 0 Å². The monoisotopic (exact) mass is 179 g/mol. The second kappa shape index (κ2) is 2.50. The van der Waals surface area contributed by atoms with Crippen molar-refractivity contribution >= 4 is 5.82 Å². The molecule has 72 valence electrons. The molecule has 0 unspecified atom stereocenters. The van der Waals surface area contributed by atoms with E-state index < -0.39 is 0 Å². The van der Waals surface area contributed by atoms with Crippen molar-refractivity contribution in [3.63, 3.8) is 0 Å². The minimum Gasteiger partial charge on any atom is -0.384 e. The van der Waals surface area contributed by atoms with Gasteiger partial charge in [0.05, 0.1) is 11.7 Å². The number of nitrogens with zero attached hydrogens (tertiary/aromatic N) is 2. The average molecular weight is 179 g/mol. The van der Waals surface area contributed by atoms with E-state index in [1.54, 1.807) is 0 Å². The van der Waals surface area contributed by atoms with Crippen LogP contribution in [0.25, 0.3) is 0 Å². The molecule has 1 fully saturated rings. The third-order valence-electron chi connectivity index (χ3n) is 2.43. The van der Waals surface area contributed by atoms with Gasteiger partial charge < -0.3 is 5.73 Å². The van der Waals surface area contributed by atoms with Crippen molar-refractivity contribution in [2.45, 2.75) is 45.1 Å². The van der Waals surface area contributed by atoms with Gasteiger partial charge in [-0.25, -0.2) is 4.68 Å². The van der Waals surface area contributed by atoms with Gasteiger partial charge in [0, 0.05) is 11.5 Å². The van der Waals surface area contributed by atoms with E-state index in [-0.39, 0.29) is 5.41 Å². The van der Waals surface area contributed by atoms with Crippen molar-refractivity contribution in [1.82, 2.24) is 9.78 Å². The summed E-state index contributed by atoms with van der Waals surface area (Å²) in [5.41, 5.74) is 7.08. The molecular weight excluding hydrogens is 162 g/mol. The zero-order valence-corrected chi connectivity index (χ0v) is 8.54.